The summed E-state index contributed by atoms with van der Waals surface area (Å²) in [5, 5.41) is 11.3. The van der Waals surface area contributed by atoms with Crippen LogP contribution in [0.5, 0.6) is 0 Å². The average Bonchev–Trinajstić information content (AvgIpc) is 2.48. The molecule has 0 unspecified atom stereocenters. The number of nitrogen functional groups attached to an aromatic ring is 1. The molecule has 0 bridgehead atoms. The minimum atomic E-state index is -0.522. The van der Waals surface area contributed by atoms with E-state index in [4.69, 9.17) is 10.5 Å². The van der Waals surface area contributed by atoms with Crippen LogP contribution < -0.4 is 15.5 Å². The van der Waals surface area contributed by atoms with Gasteiger partial charge in [0.1, 0.15) is 0 Å². The minimum Gasteiger partial charge on any atom is -0.378 e. The summed E-state index contributed by atoms with van der Waals surface area (Å²) in [6, 6.07) is 0. The lowest BCUT2D eigenvalue weighted by Gasteiger charge is -2.28. The van der Waals surface area contributed by atoms with Crippen molar-refractivity contribution in [1.29, 1.82) is 0 Å². The second-order valence-corrected chi connectivity index (χ2v) is 4.61. The van der Waals surface area contributed by atoms with Crippen molar-refractivity contribution in [2.75, 3.05) is 54.9 Å². The average molecular weight is 296 g/mol. The van der Waals surface area contributed by atoms with E-state index >= 15 is 0 Å². The summed E-state index contributed by atoms with van der Waals surface area (Å²) >= 11 is 0. The first-order chi connectivity index (χ1) is 10.1. The SMILES string of the molecule is CCN(CC)c1nc(N)c([N+](=O)[O-])c(N2CCOCC2)n1. The quantitative estimate of drug-likeness (QED) is 0.623. The number of nitro groups is 1. The molecular weight excluding hydrogens is 276 g/mol. The van der Waals surface area contributed by atoms with Crippen LogP contribution in [-0.2, 0) is 4.74 Å². The Bertz CT molecular complexity index is 514. The van der Waals surface area contributed by atoms with Crippen LogP contribution in [0.2, 0.25) is 0 Å². The minimum absolute atomic E-state index is 0.0987. The predicted octanol–water partition coefficient (Wildman–Crippen LogP) is 0.650. The number of nitrogens with zero attached hydrogens (tertiary/aromatic N) is 5. The molecule has 1 aromatic rings. The fourth-order valence-electron chi connectivity index (χ4n) is 2.27. The van der Waals surface area contributed by atoms with Gasteiger partial charge in [-0.1, -0.05) is 0 Å². The van der Waals surface area contributed by atoms with Gasteiger partial charge in [0, 0.05) is 26.2 Å². The van der Waals surface area contributed by atoms with Gasteiger partial charge in [-0.3, -0.25) is 10.1 Å². The Morgan fingerprint density at radius 2 is 1.95 bits per heavy atom. The van der Waals surface area contributed by atoms with Crippen molar-refractivity contribution in [2.24, 2.45) is 0 Å². The van der Waals surface area contributed by atoms with E-state index < -0.39 is 4.92 Å². The van der Waals surface area contributed by atoms with Gasteiger partial charge in [-0.15, -0.1) is 0 Å². The van der Waals surface area contributed by atoms with Crippen LogP contribution in [0, 0.1) is 10.1 Å². The first-order valence-corrected chi connectivity index (χ1v) is 6.98. The summed E-state index contributed by atoms with van der Waals surface area (Å²) < 4.78 is 5.28. The lowest BCUT2D eigenvalue weighted by molar-refractivity contribution is -0.383. The molecule has 1 aliphatic rings. The topological polar surface area (TPSA) is 111 Å². The summed E-state index contributed by atoms with van der Waals surface area (Å²) in [5.74, 6) is 0.598. The van der Waals surface area contributed by atoms with E-state index in [1.54, 1.807) is 0 Å². The number of aromatic nitrogens is 2. The molecule has 1 saturated heterocycles. The van der Waals surface area contributed by atoms with E-state index in [0.29, 0.717) is 45.3 Å². The summed E-state index contributed by atoms with van der Waals surface area (Å²) in [7, 11) is 0. The number of morpholine rings is 1. The first-order valence-electron chi connectivity index (χ1n) is 6.98. The highest BCUT2D eigenvalue weighted by molar-refractivity contribution is 5.71. The highest BCUT2D eigenvalue weighted by Crippen LogP contribution is 2.33. The largest absolute Gasteiger partial charge is 0.378 e. The van der Waals surface area contributed by atoms with E-state index in [1.807, 2.05) is 23.6 Å². The molecule has 0 aliphatic carbocycles. The Balaban J connectivity index is 2.49. The second kappa shape index (κ2) is 6.53. The standard InChI is InChI=1S/C12H20N6O3/c1-3-16(4-2)12-14-10(13)9(18(19)20)11(15-12)17-5-7-21-8-6-17/h3-8H2,1-2H3,(H2,13,14,15). The fourth-order valence-corrected chi connectivity index (χ4v) is 2.27. The summed E-state index contributed by atoms with van der Waals surface area (Å²) in [6.07, 6.45) is 0. The molecule has 1 aliphatic heterocycles. The normalized spacial score (nSPS) is 15.0. The third-order valence-electron chi connectivity index (χ3n) is 3.42. The Morgan fingerprint density at radius 3 is 2.48 bits per heavy atom. The molecule has 2 heterocycles. The molecule has 0 saturated carbocycles. The van der Waals surface area contributed by atoms with Crippen molar-refractivity contribution in [2.45, 2.75) is 13.8 Å². The van der Waals surface area contributed by atoms with Gasteiger partial charge in [0.05, 0.1) is 18.1 Å². The number of rotatable bonds is 5. The van der Waals surface area contributed by atoms with Gasteiger partial charge < -0.3 is 20.3 Å². The van der Waals surface area contributed by atoms with E-state index in [9.17, 15) is 10.1 Å². The van der Waals surface area contributed by atoms with E-state index in [-0.39, 0.29) is 17.3 Å². The van der Waals surface area contributed by atoms with Crippen LogP contribution in [0.4, 0.5) is 23.3 Å². The van der Waals surface area contributed by atoms with Crippen LogP contribution in [0.15, 0.2) is 0 Å². The Morgan fingerprint density at radius 1 is 1.33 bits per heavy atom. The highest BCUT2D eigenvalue weighted by Gasteiger charge is 2.29. The van der Waals surface area contributed by atoms with Crippen molar-refractivity contribution in [3.63, 3.8) is 0 Å². The molecular formula is C12H20N6O3. The molecule has 9 nitrogen and oxygen atoms in total. The maximum Gasteiger partial charge on any atom is 0.353 e. The maximum atomic E-state index is 11.3. The molecule has 116 valence electrons. The van der Waals surface area contributed by atoms with Gasteiger partial charge in [0.15, 0.2) is 0 Å². The van der Waals surface area contributed by atoms with Gasteiger partial charge >= 0.3 is 5.69 Å². The number of ether oxygens (including phenoxy) is 1. The zero-order chi connectivity index (χ0) is 15.4. The third-order valence-corrected chi connectivity index (χ3v) is 3.42. The van der Waals surface area contributed by atoms with Crippen LogP contribution >= 0.6 is 0 Å². The van der Waals surface area contributed by atoms with E-state index in [2.05, 4.69) is 9.97 Å². The van der Waals surface area contributed by atoms with E-state index in [1.165, 1.54) is 0 Å². The highest BCUT2D eigenvalue weighted by atomic mass is 16.6. The van der Waals surface area contributed by atoms with Crippen molar-refractivity contribution in [1.82, 2.24) is 9.97 Å². The monoisotopic (exact) mass is 296 g/mol. The van der Waals surface area contributed by atoms with Gasteiger partial charge in [-0.25, -0.2) is 0 Å². The zero-order valence-corrected chi connectivity index (χ0v) is 12.3. The van der Waals surface area contributed by atoms with Crippen LogP contribution in [-0.4, -0.2) is 54.3 Å². The van der Waals surface area contributed by atoms with Gasteiger partial charge in [-0.2, -0.15) is 9.97 Å². The van der Waals surface area contributed by atoms with Gasteiger partial charge in [0.2, 0.25) is 17.6 Å². The third kappa shape index (κ3) is 3.13. The van der Waals surface area contributed by atoms with Crippen molar-refractivity contribution in [3.8, 4) is 0 Å². The first kappa shape index (κ1) is 15.2. The molecule has 1 aromatic heterocycles. The number of anilines is 3. The van der Waals surface area contributed by atoms with Crippen molar-refractivity contribution >= 4 is 23.3 Å². The summed E-state index contributed by atoms with van der Waals surface area (Å²) in [6.45, 7) is 7.48. The zero-order valence-electron chi connectivity index (χ0n) is 12.3. The fraction of sp³-hybridized carbons (Fsp3) is 0.667. The molecule has 2 N–H and O–H groups in total. The maximum absolute atomic E-state index is 11.3. The van der Waals surface area contributed by atoms with Crippen molar-refractivity contribution in [3.05, 3.63) is 10.1 Å². The Labute approximate surface area is 122 Å². The van der Waals surface area contributed by atoms with Crippen molar-refractivity contribution < 1.29 is 9.66 Å². The molecule has 0 amide bonds. The smallest absolute Gasteiger partial charge is 0.353 e. The molecule has 0 radical (unpaired) electrons. The van der Waals surface area contributed by atoms with E-state index in [0.717, 1.165) is 0 Å². The molecule has 21 heavy (non-hydrogen) atoms. The number of nitrogens with two attached hydrogens (primary N) is 1. The molecule has 1 fully saturated rings. The van der Waals surface area contributed by atoms with Gasteiger partial charge in [-0.05, 0) is 13.8 Å². The Kier molecular flexibility index (Phi) is 4.73. The second-order valence-electron chi connectivity index (χ2n) is 4.61. The number of hydrogen-bond acceptors (Lipinski definition) is 8. The molecule has 2 rings (SSSR count). The Hall–Kier alpha value is -2.16. The summed E-state index contributed by atoms with van der Waals surface area (Å²) in [5.41, 5.74) is 5.57. The predicted molar refractivity (Wildman–Crippen MR) is 79.7 cm³/mol. The lowest BCUT2D eigenvalue weighted by Crippen LogP contribution is -2.38. The summed E-state index contributed by atoms with van der Waals surface area (Å²) in [4.78, 5) is 23.0. The number of hydrogen-bond donors (Lipinski definition) is 1. The lowest BCUT2D eigenvalue weighted by atomic mass is 10.3. The van der Waals surface area contributed by atoms with Crippen LogP contribution in [0.1, 0.15) is 13.8 Å². The van der Waals surface area contributed by atoms with Gasteiger partial charge in [0.25, 0.3) is 0 Å². The van der Waals surface area contributed by atoms with Crippen LogP contribution in [0.3, 0.4) is 0 Å². The van der Waals surface area contributed by atoms with Crippen LogP contribution in [0.25, 0.3) is 0 Å². The molecule has 0 atom stereocenters. The molecule has 9 heteroatoms. The molecule has 0 spiro atoms. The molecule has 0 aromatic carbocycles.